The van der Waals surface area contributed by atoms with Crippen LogP contribution >= 0.6 is 0 Å². The van der Waals surface area contributed by atoms with E-state index in [1.165, 1.54) is 71.8 Å². The molecule has 0 fully saturated rings. The third kappa shape index (κ3) is 28.4. The molecule has 0 spiro atoms. The average molecular weight is 1130 g/mol. The second kappa shape index (κ2) is 40.2. The number of carbonyl (C=O) groups is 6. The number of dihydropyridines is 1. The average Bonchev–Trinajstić information content (AvgIpc) is 3.35. The molecule has 1 unspecified atom stereocenters. The highest BCUT2D eigenvalue weighted by Gasteiger charge is 2.37. The van der Waals surface area contributed by atoms with Gasteiger partial charge in [-0.15, -0.1) is 0 Å². The van der Waals surface area contributed by atoms with Crippen molar-refractivity contribution in [3.8, 4) is 0 Å². The molecule has 0 radical (unpaired) electrons. The van der Waals surface area contributed by atoms with Crippen LogP contribution in [0.4, 0.5) is 26.3 Å². The van der Waals surface area contributed by atoms with Gasteiger partial charge in [0.25, 0.3) is 0 Å². The monoisotopic (exact) mass is 1130 g/mol. The van der Waals surface area contributed by atoms with Gasteiger partial charge in [-0.2, -0.15) is 0 Å². The van der Waals surface area contributed by atoms with E-state index in [-0.39, 0.29) is 98.6 Å². The number of benzene rings is 3. The minimum atomic E-state index is -0.900. The van der Waals surface area contributed by atoms with Crippen molar-refractivity contribution >= 4 is 41.8 Å². The molecular formula is C56H72F6N2O15. The normalized spacial score (nSPS) is 13.0. The van der Waals surface area contributed by atoms with Crippen molar-refractivity contribution in [3.63, 3.8) is 0 Å². The predicted octanol–water partition coefficient (Wildman–Crippen LogP) is 8.94. The first-order valence-corrected chi connectivity index (χ1v) is 24.2. The molecular weight excluding hydrogens is 1050 g/mol. The minimum absolute atomic E-state index is 0.0209. The Bertz CT molecular complexity index is 2500. The molecule has 4 rings (SSSR count). The maximum absolute atomic E-state index is 14.7. The van der Waals surface area contributed by atoms with Crippen molar-refractivity contribution in [2.24, 2.45) is 11.7 Å². The fraction of sp³-hybridized carbons (Fsp3) is 0.429. The lowest BCUT2D eigenvalue weighted by molar-refractivity contribution is -0.292. The summed E-state index contributed by atoms with van der Waals surface area (Å²) < 4.78 is 115. The Labute approximate surface area is 456 Å². The van der Waals surface area contributed by atoms with Gasteiger partial charge in [-0.05, 0) is 89.6 Å². The largest absolute Gasteiger partial charge is 0.463 e. The molecule has 0 aliphatic carbocycles. The molecule has 1 aliphatic rings. The zero-order chi connectivity index (χ0) is 60.2. The fourth-order valence-corrected chi connectivity index (χ4v) is 6.27. The first-order valence-electron chi connectivity index (χ1n) is 24.2. The van der Waals surface area contributed by atoms with Gasteiger partial charge >= 0.3 is 17.9 Å². The van der Waals surface area contributed by atoms with Gasteiger partial charge in [-0.3, -0.25) is 19.2 Å². The van der Waals surface area contributed by atoms with Gasteiger partial charge < -0.3 is 44.2 Å². The number of ether oxygens (including phenoxy) is 7. The Morgan fingerprint density at radius 2 is 1.13 bits per heavy atom. The number of Topliss-reactive ketones (excluding diaryl/α,β-unsaturated/α-hetero) is 2. The summed E-state index contributed by atoms with van der Waals surface area (Å²) in [7, 11) is 5.89. The van der Waals surface area contributed by atoms with E-state index in [0.717, 1.165) is 30.3 Å². The molecule has 438 valence electrons. The number of esters is 3. The Hall–Kier alpha value is -7.02. The molecule has 0 saturated carbocycles. The van der Waals surface area contributed by atoms with Crippen LogP contribution in [0.3, 0.4) is 0 Å². The van der Waals surface area contributed by atoms with Crippen LogP contribution in [0.5, 0.6) is 0 Å². The van der Waals surface area contributed by atoms with Gasteiger partial charge in [-0.25, -0.2) is 45.7 Å². The summed E-state index contributed by atoms with van der Waals surface area (Å²) in [6.07, 6.45) is 2.28. The number of allylic oxidation sites excluding steroid dienone is 4. The summed E-state index contributed by atoms with van der Waals surface area (Å²) in [6.45, 7) is 14.8. The van der Waals surface area contributed by atoms with Gasteiger partial charge in [0.1, 0.15) is 73.5 Å². The first kappa shape index (κ1) is 72.0. The van der Waals surface area contributed by atoms with E-state index in [0.29, 0.717) is 41.5 Å². The van der Waals surface area contributed by atoms with Crippen LogP contribution in [0.2, 0.25) is 0 Å². The lowest BCUT2D eigenvalue weighted by Crippen LogP contribution is -2.32. The summed E-state index contributed by atoms with van der Waals surface area (Å²) in [4.78, 5) is 76.6. The smallest absolute Gasteiger partial charge is 0.336 e. The van der Waals surface area contributed by atoms with E-state index < -0.39 is 58.3 Å². The molecule has 1 aliphatic heterocycles. The van der Waals surface area contributed by atoms with Gasteiger partial charge in [-0.1, -0.05) is 32.0 Å². The Morgan fingerprint density at radius 1 is 0.646 bits per heavy atom. The number of ketones is 2. The number of carbonyl (C=O) groups excluding carboxylic acids is 6. The summed E-state index contributed by atoms with van der Waals surface area (Å²) in [5, 5.41) is 3.14. The molecule has 0 amide bonds. The highest BCUT2D eigenvalue weighted by Crippen LogP contribution is 2.41. The maximum Gasteiger partial charge on any atom is 0.336 e. The van der Waals surface area contributed by atoms with E-state index in [4.69, 9.17) is 39.2 Å². The van der Waals surface area contributed by atoms with E-state index >= 15 is 0 Å². The lowest BCUT2D eigenvalue weighted by Gasteiger charge is -2.32. The van der Waals surface area contributed by atoms with Gasteiger partial charge in [0.2, 0.25) is 0 Å². The Balaban J connectivity index is 0.00000104. The van der Waals surface area contributed by atoms with Crippen LogP contribution in [0, 0.1) is 40.8 Å². The number of hydrogen-bond donors (Lipinski definition) is 2. The van der Waals surface area contributed by atoms with Crippen molar-refractivity contribution in [1.29, 1.82) is 0 Å². The summed E-state index contributed by atoms with van der Waals surface area (Å²) in [6, 6.07) is 10.4. The SMILES string of the molecule is C/C(N)=C\C(=O)OC(C)C.COCCOC(=O)/C(=C\c1c(F)cccc1F)COC.COCCOC(=O)CC(C)=O.COCCOOCC1=C(C)NC(C)=C(C(=O)C(C)C)C1c1c(F)cccc1F.O=Cc1c(F)cccc1F. The molecule has 3 aromatic rings. The predicted molar refractivity (Wildman–Crippen MR) is 279 cm³/mol. The van der Waals surface area contributed by atoms with E-state index in [9.17, 15) is 55.1 Å². The first-order chi connectivity index (χ1) is 37.3. The van der Waals surface area contributed by atoms with Crippen molar-refractivity contribution in [2.75, 3.05) is 81.3 Å². The minimum Gasteiger partial charge on any atom is -0.463 e. The molecule has 17 nitrogen and oxygen atoms in total. The molecule has 23 heteroatoms. The van der Waals surface area contributed by atoms with E-state index in [2.05, 4.69) is 14.8 Å². The number of methoxy groups -OCH3 is 4. The molecule has 1 atom stereocenters. The highest BCUT2D eigenvalue weighted by atomic mass is 19.2. The van der Waals surface area contributed by atoms with E-state index in [1.54, 1.807) is 48.5 Å². The summed E-state index contributed by atoms with van der Waals surface area (Å²) >= 11 is 0. The number of halogens is 6. The fourth-order valence-electron chi connectivity index (χ4n) is 6.27. The molecule has 0 saturated heterocycles. The lowest BCUT2D eigenvalue weighted by atomic mass is 9.77. The second-order valence-corrected chi connectivity index (χ2v) is 17.1. The van der Waals surface area contributed by atoms with Gasteiger partial charge in [0, 0.05) is 80.1 Å². The van der Waals surface area contributed by atoms with Crippen molar-refractivity contribution in [1.82, 2.24) is 5.32 Å². The van der Waals surface area contributed by atoms with Crippen molar-refractivity contribution < 1.29 is 98.0 Å². The Kier molecular flexibility index (Phi) is 36.6. The quantitative estimate of drug-likeness (QED) is 0.00983. The number of hydrogen-bond acceptors (Lipinski definition) is 17. The van der Waals surface area contributed by atoms with Gasteiger partial charge in [0.15, 0.2) is 12.1 Å². The zero-order valence-electron chi connectivity index (χ0n) is 46.5. The molecule has 3 aromatic carbocycles. The zero-order valence-corrected chi connectivity index (χ0v) is 46.5. The number of aldehydes is 1. The standard InChI is InChI=1S/C21H27F2NO4.C14H16F2O4.C7H4F2O.C7H13NO2.C7H12O4/c1-12(2)21(25)18-14(4)24-13(3)15(11-28-27-10-9-26-5)19(18)20-16(22)7-6-8-17(20)23;1-18-6-7-20-14(17)10(9-19-2)8-11-12(15)4-3-5-13(11)16;8-6-2-1-3-7(9)5(6)4-10;1-5(2)10-7(9)4-6(3)8;1-6(8)5-7(9)11-4-3-10-2/h6-8,12,19,24H,9-11H2,1-5H3;3-5,8H,6-7,9H2,1-2H3;1-4H;4-5H,8H2,1-3H3;3-5H2,1-2H3/b;10-8-;;6-4+;. The van der Waals surface area contributed by atoms with Crippen molar-refractivity contribution in [3.05, 3.63) is 146 Å². The van der Waals surface area contributed by atoms with Crippen LogP contribution in [-0.2, 0) is 66.9 Å². The maximum atomic E-state index is 14.7. The number of nitrogens with two attached hydrogens (primary N) is 1. The highest BCUT2D eigenvalue weighted by molar-refractivity contribution is 6.00. The van der Waals surface area contributed by atoms with Crippen LogP contribution in [0.1, 0.15) is 89.2 Å². The molecule has 0 bridgehead atoms. The topological polar surface area (TPSA) is 224 Å². The summed E-state index contributed by atoms with van der Waals surface area (Å²) in [5.41, 5.74) is 6.85. The number of rotatable bonds is 24. The van der Waals surface area contributed by atoms with Crippen molar-refractivity contribution in [2.45, 2.75) is 73.8 Å². The molecule has 3 N–H and O–H groups in total. The van der Waals surface area contributed by atoms with Gasteiger partial charge in [0.05, 0.1) is 43.7 Å². The molecule has 1 heterocycles. The second-order valence-electron chi connectivity index (χ2n) is 17.1. The third-order valence-corrected chi connectivity index (χ3v) is 9.80. The van der Waals surface area contributed by atoms with Crippen LogP contribution in [0.15, 0.2) is 94.5 Å². The molecule has 0 aromatic heterocycles. The Morgan fingerprint density at radius 3 is 1.56 bits per heavy atom. The molecule has 79 heavy (non-hydrogen) atoms. The van der Waals surface area contributed by atoms with Crippen LogP contribution < -0.4 is 11.1 Å². The summed E-state index contributed by atoms with van der Waals surface area (Å²) in [5.74, 6) is -7.76. The van der Waals surface area contributed by atoms with E-state index in [1.807, 2.05) is 0 Å². The van der Waals surface area contributed by atoms with Crippen LogP contribution in [-0.4, -0.2) is 123 Å². The third-order valence-electron chi connectivity index (χ3n) is 9.80. The van der Waals surface area contributed by atoms with Crippen LogP contribution in [0.25, 0.3) is 6.08 Å². The number of nitrogens with one attached hydrogen (secondary N) is 1.